The highest BCUT2D eigenvalue weighted by atomic mass is 35.5. The van der Waals surface area contributed by atoms with Crippen molar-refractivity contribution >= 4 is 17.4 Å². The van der Waals surface area contributed by atoms with Crippen LogP contribution in [-0.4, -0.2) is 25.3 Å². The molecular formula is C12H15ClN4O. The Hall–Kier alpha value is -1.62. The highest BCUT2D eigenvalue weighted by Gasteiger charge is 2.23. The number of hydrogen-bond acceptors (Lipinski definition) is 3. The van der Waals surface area contributed by atoms with Crippen molar-refractivity contribution in [2.75, 3.05) is 0 Å². The van der Waals surface area contributed by atoms with Crippen molar-refractivity contribution in [2.45, 2.75) is 26.8 Å². The van der Waals surface area contributed by atoms with Crippen LogP contribution < -0.4 is 0 Å². The molecule has 0 fully saturated rings. The van der Waals surface area contributed by atoms with E-state index in [0.717, 1.165) is 5.69 Å². The van der Waals surface area contributed by atoms with Crippen molar-refractivity contribution in [1.29, 1.82) is 0 Å². The zero-order valence-electron chi connectivity index (χ0n) is 10.8. The van der Waals surface area contributed by atoms with Gasteiger partial charge in [0.05, 0.1) is 23.0 Å². The minimum absolute atomic E-state index is 0.0772. The maximum atomic E-state index is 12.5. The van der Waals surface area contributed by atoms with Crippen LogP contribution in [0.25, 0.3) is 0 Å². The molecule has 2 aromatic rings. The first-order valence-corrected chi connectivity index (χ1v) is 6.07. The first-order valence-electron chi connectivity index (χ1n) is 5.69. The minimum atomic E-state index is -0.142. The maximum Gasteiger partial charge on any atom is 0.215 e. The number of nitrogens with zero attached hydrogens (tertiary/aromatic N) is 4. The van der Waals surface area contributed by atoms with Gasteiger partial charge in [-0.25, -0.2) is 0 Å². The summed E-state index contributed by atoms with van der Waals surface area (Å²) in [6.07, 6.45) is 3.06. The lowest BCUT2D eigenvalue weighted by molar-refractivity contribution is 0.102. The Morgan fingerprint density at radius 2 is 2.00 bits per heavy atom. The Morgan fingerprint density at radius 3 is 2.50 bits per heavy atom. The van der Waals surface area contributed by atoms with Crippen LogP contribution in [-0.2, 0) is 7.05 Å². The van der Waals surface area contributed by atoms with Gasteiger partial charge in [-0.1, -0.05) is 11.6 Å². The number of ketones is 1. The Balaban J connectivity index is 2.53. The number of carbonyl (C=O) groups is 1. The molecule has 0 aliphatic rings. The summed E-state index contributed by atoms with van der Waals surface area (Å²) in [7, 11) is 1.80. The molecule has 0 aliphatic carbocycles. The monoisotopic (exact) mass is 266 g/mol. The maximum absolute atomic E-state index is 12.5. The van der Waals surface area contributed by atoms with Crippen LogP contribution in [0.5, 0.6) is 0 Å². The van der Waals surface area contributed by atoms with Gasteiger partial charge in [0.2, 0.25) is 5.78 Å². The molecule has 5 nitrogen and oxygen atoms in total. The average Bonchev–Trinajstić information content (AvgIpc) is 2.84. The van der Waals surface area contributed by atoms with E-state index in [1.54, 1.807) is 22.6 Å². The molecule has 0 aliphatic heterocycles. The van der Waals surface area contributed by atoms with Crippen molar-refractivity contribution in [3.63, 3.8) is 0 Å². The van der Waals surface area contributed by atoms with Crippen LogP contribution in [0.1, 0.15) is 41.6 Å². The molecule has 0 unspecified atom stereocenters. The van der Waals surface area contributed by atoms with Crippen LogP contribution in [0.2, 0.25) is 5.02 Å². The fraction of sp³-hybridized carbons (Fsp3) is 0.417. The smallest absolute Gasteiger partial charge is 0.215 e. The second-order valence-electron chi connectivity index (χ2n) is 4.48. The average molecular weight is 267 g/mol. The summed E-state index contributed by atoms with van der Waals surface area (Å²) in [4.78, 5) is 12.5. The Labute approximate surface area is 110 Å². The summed E-state index contributed by atoms with van der Waals surface area (Å²) in [6.45, 7) is 5.76. The van der Waals surface area contributed by atoms with E-state index in [-0.39, 0.29) is 11.8 Å². The zero-order chi connectivity index (χ0) is 13.4. The third kappa shape index (κ3) is 1.95. The van der Waals surface area contributed by atoms with Gasteiger partial charge in [-0.15, -0.1) is 0 Å². The second kappa shape index (κ2) is 4.57. The van der Waals surface area contributed by atoms with E-state index in [4.69, 9.17) is 11.6 Å². The Kier molecular flexibility index (Phi) is 3.26. The number of carbonyl (C=O) groups excluding carboxylic acids is 1. The lowest BCUT2D eigenvalue weighted by atomic mass is 10.1. The SMILES string of the molecule is Cc1c(C(=O)c2c(Cl)cnn2C(C)C)cnn1C. The number of aromatic nitrogens is 4. The quantitative estimate of drug-likeness (QED) is 0.802. The molecule has 18 heavy (non-hydrogen) atoms. The number of rotatable bonds is 3. The van der Waals surface area contributed by atoms with E-state index in [2.05, 4.69) is 10.2 Å². The molecule has 0 bridgehead atoms. The third-order valence-electron chi connectivity index (χ3n) is 2.93. The lowest BCUT2D eigenvalue weighted by Crippen LogP contribution is -2.14. The first kappa shape index (κ1) is 12.8. The van der Waals surface area contributed by atoms with Crippen LogP contribution in [0.15, 0.2) is 12.4 Å². The summed E-state index contributed by atoms with van der Waals surface area (Å²) in [5.74, 6) is -0.142. The molecule has 0 radical (unpaired) electrons. The molecule has 2 aromatic heterocycles. The van der Waals surface area contributed by atoms with Gasteiger partial charge in [0, 0.05) is 18.8 Å². The van der Waals surface area contributed by atoms with Crippen LogP contribution in [0.3, 0.4) is 0 Å². The van der Waals surface area contributed by atoms with E-state index in [9.17, 15) is 4.79 Å². The molecule has 0 amide bonds. The molecule has 0 saturated heterocycles. The fourth-order valence-corrected chi connectivity index (χ4v) is 2.01. The van der Waals surface area contributed by atoms with Gasteiger partial charge in [-0.05, 0) is 20.8 Å². The van der Waals surface area contributed by atoms with Crippen molar-refractivity contribution in [3.05, 3.63) is 34.4 Å². The molecule has 0 aromatic carbocycles. The predicted molar refractivity (Wildman–Crippen MR) is 69.0 cm³/mol. The van der Waals surface area contributed by atoms with Crippen LogP contribution >= 0.6 is 11.6 Å². The zero-order valence-corrected chi connectivity index (χ0v) is 11.6. The van der Waals surface area contributed by atoms with Gasteiger partial charge in [0.1, 0.15) is 5.69 Å². The highest BCUT2D eigenvalue weighted by molar-refractivity contribution is 6.34. The molecule has 0 atom stereocenters. The molecular weight excluding hydrogens is 252 g/mol. The van der Waals surface area contributed by atoms with E-state index in [0.29, 0.717) is 16.3 Å². The van der Waals surface area contributed by atoms with Crippen molar-refractivity contribution < 1.29 is 4.79 Å². The fourth-order valence-electron chi connectivity index (χ4n) is 1.79. The van der Waals surface area contributed by atoms with E-state index in [1.807, 2.05) is 20.8 Å². The third-order valence-corrected chi connectivity index (χ3v) is 3.21. The molecule has 0 saturated carbocycles. The summed E-state index contributed by atoms with van der Waals surface area (Å²) in [6, 6.07) is 0.0772. The molecule has 6 heteroatoms. The van der Waals surface area contributed by atoms with Crippen molar-refractivity contribution in [1.82, 2.24) is 19.6 Å². The van der Waals surface area contributed by atoms with Gasteiger partial charge in [-0.3, -0.25) is 14.2 Å². The number of halogens is 1. The second-order valence-corrected chi connectivity index (χ2v) is 4.88. The van der Waals surface area contributed by atoms with Crippen molar-refractivity contribution in [3.8, 4) is 0 Å². The summed E-state index contributed by atoms with van der Waals surface area (Å²) >= 11 is 6.06. The number of aryl methyl sites for hydroxylation is 1. The van der Waals surface area contributed by atoms with E-state index >= 15 is 0 Å². The largest absolute Gasteiger partial charge is 0.287 e. The lowest BCUT2D eigenvalue weighted by Gasteiger charge is -2.10. The normalized spacial score (nSPS) is 11.2. The van der Waals surface area contributed by atoms with Crippen molar-refractivity contribution in [2.24, 2.45) is 7.05 Å². The molecule has 2 heterocycles. The molecule has 96 valence electrons. The van der Waals surface area contributed by atoms with E-state index < -0.39 is 0 Å². The molecule has 2 rings (SSSR count). The summed E-state index contributed by atoms with van der Waals surface area (Å²) < 4.78 is 3.30. The van der Waals surface area contributed by atoms with Gasteiger partial charge in [0.15, 0.2) is 0 Å². The van der Waals surface area contributed by atoms with E-state index in [1.165, 1.54) is 6.20 Å². The number of hydrogen-bond donors (Lipinski definition) is 0. The minimum Gasteiger partial charge on any atom is -0.287 e. The summed E-state index contributed by atoms with van der Waals surface area (Å²) in [5, 5.41) is 8.58. The van der Waals surface area contributed by atoms with Crippen LogP contribution in [0, 0.1) is 6.92 Å². The Morgan fingerprint density at radius 1 is 1.33 bits per heavy atom. The Bertz CT molecular complexity index is 597. The molecule has 0 N–H and O–H groups in total. The summed E-state index contributed by atoms with van der Waals surface area (Å²) in [5.41, 5.74) is 1.79. The first-order chi connectivity index (χ1) is 8.43. The van der Waals surface area contributed by atoms with Gasteiger partial charge in [0.25, 0.3) is 0 Å². The standard InChI is InChI=1S/C12H15ClN4O/c1-7(2)17-11(10(13)6-15-17)12(18)9-5-14-16(4)8(9)3/h5-7H,1-4H3. The highest BCUT2D eigenvalue weighted by Crippen LogP contribution is 2.23. The van der Waals surface area contributed by atoms with Gasteiger partial charge >= 0.3 is 0 Å². The van der Waals surface area contributed by atoms with Crippen LogP contribution in [0.4, 0.5) is 0 Å². The molecule has 0 spiro atoms. The van der Waals surface area contributed by atoms with Gasteiger partial charge in [-0.2, -0.15) is 10.2 Å². The van der Waals surface area contributed by atoms with Gasteiger partial charge < -0.3 is 0 Å². The topological polar surface area (TPSA) is 52.7 Å². The predicted octanol–water partition coefficient (Wildman–Crippen LogP) is 2.39.